The van der Waals surface area contributed by atoms with Crippen LogP contribution >= 0.6 is 0 Å². The molecule has 0 aromatic heterocycles. The van der Waals surface area contributed by atoms with E-state index in [-0.39, 0.29) is 11.8 Å². The molecule has 2 rings (SSSR count). The third-order valence-corrected chi connectivity index (χ3v) is 4.23. The third kappa shape index (κ3) is 4.31. The van der Waals surface area contributed by atoms with Crippen LogP contribution < -0.4 is 11.1 Å². The number of hydrogen-bond donors (Lipinski definition) is 2. The van der Waals surface area contributed by atoms with Gasteiger partial charge in [0.2, 0.25) is 5.91 Å². The van der Waals surface area contributed by atoms with Crippen LogP contribution in [-0.4, -0.2) is 36.3 Å². The quantitative estimate of drug-likeness (QED) is 0.877. The van der Waals surface area contributed by atoms with E-state index in [0.717, 1.165) is 12.8 Å². The summed E-state index contributed by atoms with van der Waals surface area (Å²) in [7, 11) is 1.88. The van der Waals surface area contributed by atoms with Crippen molar-refractivity contribution in [2.75, 3.05) is 18.9 Å². The van der Waals surface area contributed by atoms with Crippen LogP contribution in [0.4, 0.5) is 5.69 Å². The van der Waals surface area contributed by atoms with Crippen molar-refractivity contribution in [2.45, 2.75) is 44.6 Å². The molecule has 120 valence electrons. The summed E-state index contributed by atoms with van der Waals surface area (Å²) >= 11 is 0. The van der Waals surface area contributed by atoms with Gasteiger partial charge in [-0.2, -0.15) is 0 Å². The molecule has 1 aromatic carbocycles. The molecule has 0 unspecified atom stereocenters. The second-order valence-corrected chi connectivity index (χ2v) is 5.87. The first-order chi connectivity index (χ1) is 10.6. The Kier molecular flexibility index (Phi) is 5.95. The van der Waals surface area contributed by atoms with E-state index in [2.05, 4.69) is 5.32 Å². The molecule has 0 heterocycles. The molecule has 1 saturated carbocycles. The Bertz CT molecular complexity index is 507. The zero-order chi connectivity index (χ0) is 15.9. The highest BCUT2D eigenvalue weighted by Gasteiger charge is 2.22. The van der Waals surface area contributed by atoms with Gasteiger partial charge in [0.15, 0.2) is 0 Å². The summed E-state index contributed by atoms with van der Waals surface area (Å²) in [4.78, 5) is 25.8. The summed E-state index contributed by atoms with van der Waals surface area (Å²) in [6, 6.07) is 7.40. The van der Waals surface area contributed by atoms with E-state index in [1.165, 1.54) is 19.3 Å². The van der Waals surface area contributed by atoms with Crippen molar-refractivity contribution in [1.82, 2.24) is 4.90 Å². The maximum atomic E-state index is 12.5. The fraction of sp³-hybridized carbons (Fsp3) is 0.529. The van der Waals surface area contributed by atoms with Gasteiger partial charge in [0.05, 0.1) is 0 Å². The van der Waals surface area contributed by atoms with Gasteiger partial charge in [-0.15, -0.1) is 0 Å². The van der Waals surface area contributed by atoms with Crippen molar-refractivity contribution >= 4 is 17.5 Å². The van der Waals surface area contributed by atoms with Gasteiger partial charge >= 0.3 is 0 Å². The number of nitrogens with zero attached hydrogens (tertiary/aromatic N) is 1. The maximum Gasteiger partial charge on any atom is 0.253 e. The molecule has 0 radical (unpaired) electrons. The number of nitrogens with one attached hydrogen (secondary N) is 1. The van der Waals surface area contributed by atoms with Crippen LogP contribution in [0.15, 0.2) is 24.3 Å². The molecule has 0 atom stereocenters. The van der Waals surface area contributed by atoms with E-state index >= 15 is 0 Å². The largest absolute Gasteiger partial charge is 0.339 e. The molecule has 0 bridgehead atoms. The fourth-order valence-electron chi connectivity index (χ4n) is 2.89. The van der Waals surface area contributed by atoms with Crippen molar-refractivity contribution < 1.29 is 9.59 Å². The Morgan fingerprint density at radius 1 is 1.18 bits per heavy atom. The van der Waals surface area contributed by atoms with E-state index in [4.69, 9.17) is 5.73 Å². The fourth-order valence-corrected chi connectivity index (χ4v) is 2.89. The van der Waals surface area contributed by atoms with E-state index in [1.54, 1.807) is 24.3 Å². The number of amides is 2. The molecule has 3 N–H and O–H groups in total. The van der Waals surface area contributed by atoms with Crippen LogP contribution in [-0.2, 0) is 4.79 Å². The number of hydrogen-bond acceptors (Lipinski definition) is 3. The summed E-state index contributed by atoms with van der Waals surface area (Å²) in [6.45, 7) is 0.328. The summed E-state index contributed by atoms with van der Waals surface area (Å²) < 4.78 is 0. The molecule has 22 heavy (non-hydrogen) atoms. The Morgan fingerprint density at radius 2 is 1.82 bits per heavy atom. The number of nitrogens with two attached hydrogens (primary N) is 1. The molecule has 5 heteroatoms. The minimum atomic E-state index is -0.110. The number of carbonyl (C=O) groups excluding carboxylic acids is 2. The molecule has 1 aromatic rings. The van der Waals surface area contributed by atoms with Crippen LogP contribution in [0.2, 0.25) is 0 Å². The summed E-state index contributed by atoms with van der Waals surface area (Å²) in [5, 5.41) is 2.76. The molecule has 5 nitrogen and oxygen atoms in total. The molecular formula is C17H25N3O2. The monoisotopic (exact) mass is 303 g/mol. The van der Waals surface area contributed by atoms with Crippen molar-refractivity contribution in [2.24, 2.45) is 5.73 Å². The first kappa shape index (κ1) is 16.5. The highest BCUT2D eigenvalue weighted by atomic mass is 16.2. The minimum absolute atomic E-state index is 0.0479. The smallest absolute Gasteiger partial charge is 0.253 e. The molecule has 1 fully saturated rings. The lowest BCUT2D eigenvalue weighted by molar-refractivity contribution is -0.116. The van der Waals surface area contributed by atoms with E-state index in [9.17, 15) is 9.59 Å². The Morgan fingerprint density at radius 3 is 2.41 bits per heavy atom. The third-order valence-electron chi connectivity index (χ3n) is 4.23. The molecule has 1 aliphatic rings. The zero-order valence-corrected chi connectivity index (χ0v) is 13.2. The predicted molar refractivity (Wildman–Crippen MR) is 87.7 cm³/mol. The summed E-state index contributed by atoms with van der Waals surface area (Å²) in [5.41, 5.74) is 6.69. The summed E-state index contributed by atoms with van der Waals surface area (Å²) in [5.74, 6) is -0.0624. The average molecular weight is 303 g/mol. The van der Waals surface area contributed by atoms with Gasteiger partial charge in [-0.25, -0.2) is 0 Å². The van der Waals surface area contributed by atoms with Crippen molar-refractivity contribution in [3.05, 3.63) is 29.8 Å². The molecule has 0 saturated heterocycles. The minimum Gasteiger partial charge on any atom is -0.339 e. The van der Waals surface area contributed by atoms with Crippen molar-refractivity contribution in [3.63, 3.8) is 0 Å². The van der Waals surface area contributed by atoms with Gasteiger partial charge in [0, 0.05) is 37.3 Å². The van der Waals surface area contributed by atoms with Crippen molar-refractivity contribution in [1.29, 1.82) is 0 Å². The van der Waals surface area contributed by atoms with Gasteiger partial charge in [-0.1, -0.05) is 19.3 Å². The van der Waals surface area contributed by atoms with Crippen LogP contribution in [0, 0.1) is 0 Å². The number of rotatable bonds is 5. The molecular weight excluding hydrogens is 278 g/mol. The number of benzene rings is 1. The van der Waals surface area contributed by atoms with Gasteiger partial charge in [0.25, 0.3) is 5.91 Å². The Balaban J connectivity index is 1.96. The normalized spacial score (nSPS) is 15.4. The lowest BCUT2D eigenvalue weighted by Crippen LogP contribution is -2.38. The van der Waals surface area contributed by atoms with Crippen LogP contribution in [0.3, 0.4) is 0 Å². The van der Waals surface area contributed by atoms with E-state index < -0.39 is 0 Å². The Labute approximate surface area is 131 Å². The van der Waals surface area contributed by atoms with Crippen LogP contribution in [0.25, 0.3) is 0 Å². The average Bonchev–Trinajstić information content (AvgIpc) is 2.55. The first-order valence-electron chi connectivity index (χ1n) is 7.99. The molecule has 2 amide bonds. The molecule has 0 spiro atoms. The van der Waals surface area contributed by atoms with Gasteiger partial charge in [-0.05, 0) is 37.1 Å². The second-order valence-electron chi connectivity index (χ2n) is 5.87. The Hall–Kier alpha value is -1.88. The van der Waals surface area contributed by atoms with Crippen LogP contribution in [0.5, 0.6) is 0 Å². The summed E-state index contributed by atoms with van der Waals surface area (Å²) in [6.07, 6.45) is 6.16. The number of anilines is 1. The molecule has 0 aliphatic heterocycles. The SMILES string of the molecule is CN(C(=O)c1ccc(NC(=O)CCN)cc1)C1CCCCC1. The number of carbonyl (C=O) groups is 2. The van der Waals surface area contributed by atoms with Gasteiger partial charge < -0.3 is 16.0 Å². The lowest BCUT2D eigenvalue weighted by Gasteiger charge is -2.31. The first-order valence-corrected chi connectivity index (χ1v) is 7.99. The predicted octanol–water partition coefficient (Wildman–Crippen LogP) is 2.38. The second kappa shape index (κ2) is 7.94. The lowest BCUT2D eigenvalue weighted by atomic mass is 9.94. The van der Waals surface area contributed by atoms with E-state index in [1.807, 2.05) is 11.9 Å². The topological polar surface area (TPSA) is 75.4 Å². The molecule has 1 aliphatic carbocycles. The standard InChI is InChI=1S/C17H25N3O2/c1-20(15-5-3-2-4-6-15)17(22)13-7-9-14(10-8-13)19-16(21)11-12-18/h7-10,15H,2-6,11-12,18H2,1H3,(H,19,21). The maximum absolute atomic E-state index is 12.5. The van der Waals surface area contributed by atoms with Gasteiger partial charge in [-0.3, -0.25) is 9.59 Å². The zero-order valence-electron chi connectivity index (χ0n) is 13.2. The highest BCUT2D eigenvalue weighted by Crippen LogP contribution is 2.23. The highest BCUT2D eigenvalue weighted by molar-refractivity contribution is 5.95. The van der Waals surface area contributed by atoms with Crippen LogP contribution in [0.1, 0.15) is 48.9 Å². The van der Waals surface area contributed by atoms with Crippen molar-refractivity contribution in [3.8, 4) is 0 Å². The van der Waals surface area contributed by atoms with E-state index in [0.29, 0.717) is 30.3 Å². The van der Waals surface area contributed by atoms with Gasteiger partial charge in [0.1, 0.15) is 0 Å².